The second-order valence-corrected chi connectivity index (χ2v) is 7.04. The number of nitrogens with zero attached hydrogens (tertiary/aromatic N) is 1. The van der Waals surface area contributed by atoms with E-state index in [9.17, 15) is 0 Å². The number of ether oxygens (including phenoxy) is 2. The number of thiazole rings is 1. The van der Waals surface area contributed by atoms with E-state index in [2.05, 4.69) is 30.5 Å². The van der Waals surface area contributed by atoms with Crippen molar-refractivity contribution in [2.75, 3.05) is 0 Å². The standard InChI is InChI=1S/C16H20NO2S.HI/c1-3-17-11(2)20-15-10-14-13(9-12(15)17)18-16(19-14)7-5-4-6-8-16;/h9-10H,3-8H2,1-2H3;1H/q+1;/p-1. The highest BCUT2D eigenvalue weighted by Gasteiger charge is 2.43. The summed E-state index contributed by atoms with van der Waals surface area (Å²) in [5.41, 5.74) is 1.27. The second-order valence-electron chi connectivity index (χ2n) is 5.81. The monoisotopic (exact) mass is 417 g/mol. The summed E-state index contributed by atoms with van der Waals surface area (Å²) in [6.07, 6.45) is 5.74. The summed E-state index contributed by atoms with van der Waals surface area (Å²) in [4.78, 5) is 0. The van der Waals surface area contributed by atoms with Crippen molar-refractivity contribution in [1.82, 2.24) is 0 Å². The van der Waals surface area contributed by atoms with E-state index in [1.54, 1.807) is 0 Å². The Hall–Kier alpha value is -0.560. The van der Waals surface area contributed by atoms with Crippen LogP contribution in [0.2, 0.25) is 0 Å². The van der Waals surface area contributed by atoms with Crippen molar-refractivity contribution in [3.05, 3.63) is 17.1 Å². The molecule has 0 radical (unpaired) electrons. The van der Waals surface area contributed by atoms with Gasteiger partial charge in [0.15, 0.2) is 11.5 Å². The number of rotatable bonds is 1. The number of hydrogen-bond donors (Lipinski definition) is 0. The molecule has 1 aromatic carbocycles. The van der Waals surface area contributed by atoms with Crippen molar-refractivity contribution in [2.45, 2.75) is 58.3 Å². The van der Waals surface area contributed by atoms with Crippen LogP contribution in [0.4, 0.5) is 0 Å². The average molecular weight is 417 g/mol. The largest absolute Gasteiger partial charge is 1.00 e. The number of halogens is 1. The summed E-state index contributed by atoms with van der Waals surface area (Å²) in [5, 5.41) is 1.33. The van der Waals surface area contributed by atoms with Crippen LogP contribution in [0.25, 0.3) is 10.2 Å². The van der Waals surface area contributed by atoms with Crippen molar-refractivity contribution in [2.24, 2.45) is 0 Å². The van der Waals surface area contributed by atoms with Crippen LogP contribution < -0.4 is 38.0 Å². The molecule has 2 aromatic rings. The first-order valence-corrected chi connectivity index (χ1v) is 8.37. The highest BCUT2D eigenvalue weighted by Crippen LogP contribution is 2.47. The lowest BCUT2D eigenvalue weighted by molar-refractivity contribution is -0.669. The molecule has 0 atom stereocenters. The molecule has 0 N–H and O–H groups in total. The van der Waals surface area contributed by atoms with Crippen LogP contribution >= 0.6 is 11.3 Å². The molecule has 0 amide bonds. The molecule has 1 saturated carbocycles. The minimum Gasteiger partial charge on any atom is -1.00 e. The topological polar surface area (TPSA) is 22.3 Å². The molecule has 1 fully saturated rings. The summed E-state index contributed by atoms with van der Waals surface area (Å²) in [6, 6.07) is 4.33. The molecular formula is C16H20INO2S. The van der Waals surface area contributed by atoms with Crippen LogP contribution in [0.5, 0.6) is 11.5 Å². The molecule has 5 heteroatoms. The molecule has 114 valence electrons. The first kappa shape index (κ1) is 15.3. The Morgan fingerprint density at radius 2 is 1.81 bits per heavy atom. The van der Waals surface area contributed by atoms with Crippen molar-refractivity contribution >= 4 is 21.6 Å². The lowest BCUT2D eigenvalue weighted by atomic mass is 9.94. The molecule has 1 spiro atoms. The Morgan fingerprint density at radius 1 is 1.14 bits per heavy atom. The third kappa shape index (κ3) is 2.42. The van der Waals surface area contributed by atoms with Crippen molar-refractivity contribution in [3.63, 3.8) is 0 Å². The summed E-state index contributed by atoms with van der Waals surface area (Å²) >= 11 is 1.83. The molecule has 21 heavy (non-hydrogen) atoms. The SMILES string of the molecule is CC[n+]1c(C)sc2cc3c(cc21)OC1(CCCCC1)O3.[I-]. The zero-order valence-electron chi connectivity index (χ0n) is 12.4. The fraction of sp³-hybridized carbons (Fsp3) is 0.562. The van der Waals surface area contributed by atoms with Gasteiger partial charge in [0.25, 0.3) is 5.79 Å². The van der Waals surface area contributed by atoms with E-state index < -0.39 is 0 Å². The van der Waals surface area contributed by atoms with E-state index in [-0.39, 0.29) is 29.8 Å². The predicted octanol–water partition coefficient (Wildman–Crippen LogP) is 0.953. The van der Waals surface area contributed by atoms with E-state index in [1.807, 2.05) is 11.3 Å². The van der Waals surface area contributed by atoms with Gasteiger partial charge in [-0.1, -0.05) is 17.8 Å². The molecule has 2 aliphatic rings. The molecule has 2 heterocycles. The minimum absolute atomic E-state index is 0. The van der Waals surface area contributed by atoms with E-state index in [1.165, 1.54) is 34.5 Å². The summed E-state index contributed by atoms with van der Waals surface area (Å²) in [6.45, 7) is 5.35. The molecule has 0 saturated heterocycles. The molecule has 0 unspecified atom stereocenters. The van der Waals surface area contributed by atoms with Gasteiger partial charge in [-0.15, -0.1) is 0 Å². The van der Waals surface area contributed by atoms with Crippen molar-refractivity contribution < 1.29 is 38.0 Å². The first-order valence-electron chi connectivity index (χ1n) is 7.56. The van der Waals surface area contributed by atoms with Gasteiger partial charge in [-0.25, -0.2) is 0 Å². The molecule has 1 aliphatic heterocycles. The van der Waals surface area contributed by atoms with Gasteiger partial charge in [0.2, 0.25) is 10.5 Å². The third-order valence-corrected chi connectivity index (χ3v) is 5.54. The minimum atomic E-state index is -0.365. The molecule has 0 bridgehead atoms. The fourth-order valence-corrected chi connectivity index (χ4v) is 4.57. The highest BCUT2D eigenvalue weighted by atomic mass is 127. The van der Waals surface area contributed by atoms with E-state index in [4.69, 9.17) is 9.47 Å². The number of fused-ring (bicyclic) bond motifs is 2. The zero-order chi connectivity index (χ0) is 13.7. The number of benzene rings is 1. The molecule has 1 aliphatic carbocycles. The van der Waals surface area contributed by atoms with Crippen LogP contribution in [-0.4, -0.2) is 5.79 Å². The van der Waals surface area contributed by atoms with Gasteiger partial charge in [0, 0.05) is 25.8 Å². The Kier molecular flexibility index (Phi) is 4.07. The van der Waals surface area contributed by atoms with E-state index in [0.29, 0.717) is 0 Å². The normalized spacial score (nSPS) is 19.0. The lowest BCUT2D eigenvalue weighted by Gasteiger charge is -2.31. The quantitative estimate of drug-likeness (QED) is 0.510. The van der Waals surface area contributed by atoms with Gasteiger partial charge < -0.3 is 33.5 Å². The summed E-state index contributed by atoms with van der Waals surface area (Å²) in [5.74, 6) is 1.50. The van der Waals surface area contributed by atoms with Gasteiger partial charge >= 0.3 is 0 Å². The van der Waals surface area contributed by atoms with Crippen molar-refractivity contribution in [3.8, 4) is 11.5 Å². The Balaban J connectivity index is 0.00000132. The zero-order valence-corrected chi connectivity index (χ0v) is 15.4. The molecule has 4 rings (SSSR count). The van der Waals surface area contributed by atoms with Gasteiger partial charge in [-0.05, 0) is 19.8 Å². The lowest BCUT2D eigenvalue weighted by Crippen LogP contribution is -3.00. The van der Waals surface area contributed by atoms with Crippen LogP contribution in [0.15, 0.2) is 12.1 Å². The highest BCUT2D eigenvalue weighted by molar-refractivity contribution is 7.18. The summed E-state index contributed by atoms with van der Waals surface area (Å²) < 4.78 is 16.1. The predicted molar refractivity (Wildman–Crippen MR) is 79.5 cm³/mol. The Labute approximate surface area is 146 Å². The van der Waals surface area contributed by atoms with Crippen molar-refractivity contribution in [1.29, 1.82) is 0 Å². The fourth-order valence-electron chi connectivity index (χ4n) is 3.48. The second kappa shape index (κ2) is 5.57. The van der Waals surface area contributed by atoms with Gasteiger partial charge in [0.05, 0.1) is 6.07 Å². The summed E-state index contributed by atoms with van der Waals surface area (Å²) in [7, 11) is 0. The number of aryl methyl sites for hydroxylation is 2. The van der Waals surface area contributed by atoms with E-state index >= 15 is 0 Å². The molecule has 3 nitrogen and oxygen atoms in total. The van der Waals surface area contributed by atoms with Crippen LogP contribution in [0, 0.1) is 6.92 Å². The smallest absolute Gasteiger partial charge is 0.251 e. The third-order valence-electron chi connectivity index (χ3n) is 4.48. The van der Waals surface area contributed by atoms with Crippen LogP contribution in [0.3, 0.4) is 0 Å². The maximum Gasteiger partial charge on any atom is 0.251 e. The maximum atomic E-state index is 6.22. The van der Waals surface area contributed by atoms with Gasteiger partial charge in [-0.2, -0.15) is 4.57 Å². The number of aromatic nitrogens is 1. The Bertz CT molecular complexity index is 676. The van der Waals surface area contributed by atoms with Gasteiger partial charge in [0.1, 0.15) is 11.2 Å². The molecular weight excluding hydrogens is 397 g/mol. The molecule has 1 aromatic heterocycles. The van der Waals surface area contributed by atoms with Gasteiger partial charge in [-0.3, -0.25) is 0 Å². The van der Waals surface area contributed by atoms with Crippen LogP contribution in [-0.2, 0) is 6.54 Å². The first-order chi connectivity index (χ1) is 9.71. The average Bonchev–Trinajstić information content (AvgIpc) is 2.92. The Morgan fingerprint density at radius 3 is 2.48 bits per heavy atom. The van der Waals surface area contributed by atoms with E-state index in [0.717, 1.165) is 30.9 Å². The van der Waals surface area contributed by atoms with Crippen LogP contribution in [0.1, 0.15) is 44.0 Å². The maximum absolute atomic E-state index is 6.22. The number of hydrogen-bond acceptors (Lipinski definition) is 3.